The third-order valence-electron chi connectivity index (χ3n) is 4.00. The van der Waals surface area contributed by atoms with Crippen LogP contribution >= 0.6 is 24.0 Å². The molecule has 2 aliphatic rings. The molecule has 1 aliphatic heterocycles. The number of hydrogen-bond donors (Lipinski definition) is 1. The van der Waals surface area contributed by atoms with E-state index in [1.807, 2.05) is 0 Å². The van der Waals surface area contributed by atoms with Gasteiger partial charge in [-0.05, 0) is 32.1 Å². The summed E-state index contributed by atoms with van der Waals surface area (Å²) in [5.74, 6) is 1.72. The van der Waals surface area contributed by atoms with Gasteiger partial charge in [-0.2, -0.15) is 0 Å². The molecule has 0 spiro atoms. The fourth-order valence-corrected chi connectivity index (χ4v) is 2.86. The highest BCUT2D eigenvalue weighted by atomic mass is 127. The summed E-state index contributed by atoms with van der Waals surface area (Å²) in [4.78, 5) is 7.16. The van der Waals surface area contributed by atoms with Gasteiger partial charge in [0, 0.05) is 33.3 Å². The van der Waals surface area contributed by atoms with Crippen molar-refractivity contribution >= 4 is 29.9 Å². The van der Waals surface area contributed by atoms with E-state index in [0.717, 1.165) is 45.2 Å². The Kier molecular flexibility index (Phi) is 10.1. The van der Waals surface area contributed by atoms with Gasteiger partial charge in [-0.15, -0.1) is 24.0 Å². The molecular weight excluding hydrogens is 393 g/mol. The largest absolute Gasteiger partial charge is 0.382 e. The Morgan fingerprint density at radius 3 is 3.00 bits per heavy atom. The third kappa shape index (κ3) is 6.42. The standard InChI is InChI=1S/C16H29N3O2.HI/c1-3-17-16(18-11-14-7-5-4-6-8-14)19-9-10-21-15(12-19)13-20-2;/h4-5,14-15H,3,6-13H2,1-2H3,(H,17,18);1H. The molecule has 128 valence electrons. The van der Waals surface area contributed by atoms with Gasteiger partial charge in [0.05, 0.1) is 19.3 Å². The first-order chi connectivity index (χ1) is 10.3. The van der Waals surface area contributed by atoms with Gasteiger partial charge in [-0.3, -0.25) is 4.99 Å². The van der Waals surface area contributed by atoms with Crippen LogP contribution in [-0.4, -0.2) is 63.5 Å². The molecule has 0 radical (unpaired) electrons. The Morgan fingerprint density at radius 2 is 2.32 bits per heavy atom. The van der Waals surface area contributed by atoms with Gasteiger partial charge in [-0.1, -0.05) is 12.2 Å². The van der Waals surface area contributed by atoms with Crippen LogP contribution in [0.3, 0.4) is 0 Å². The van der Waals surface area contributed by atoms with Gasteiger partial charge < -0.3 is 19.7 Å². The molecule has 1 N–H and O–H groups in total. The minimum atomic E-state index is 0. The highest BCUT2D eigenvalue weighted by Gasteiger charge is 2.23. The Balaban J connectivity index is 0.00000242. The molecule has 1 heterocycles. The predicted molar refractivity (Wildman–Crippen MR) is 101 cm³/mol. The SMILES string of the molecule is CCNC(=NCC1CC=CCC1)N1CCOC(COC)C1.I. The summed E-state index contributed by atoms with van der Waals surface area (Å²) >= 11 is 0. The minimum Gasteiger partial charge on any atom is -0.382 e. The summed E-state index contributed by atoms with van der Waals surface area (Å²) in [7, 11) is 1.72. The van der Waals surface area contributed by atoms with Crippen molar-refractivity contribution in [2.45, 2.75) is 32.3 Å². The van der Waals surface area contributed by atoms with Crippen LogP contribution in [0.25, 0.3) is 0 Å². The van der Waals surface area contributed by atoms with Gasteiger partial charge >= 0.3 is 0 Å². The maximum atomic E-state index is 5.71. The van der Waals surface area contributed by atoms with Crippen molar-refractivity contribution in [3.05, 3.63) is 12.2 Å². The van der Waals surface area contributed by atoms with Crippen LogP contribution in [-0.2, 0) is 9.47 Å². The second kappa shape index (κ2) is 11.2. The lowest BCUT2D eigenvalue weighted by Crippen LogP contribution is -2.51. The highest BCUT2D eigenvalue weighted by Crippen LogP contribution is 2.18. The molecule has 0 saturated carbocycles. The quantitative estimate of drug-likeness (QED) is 0.319. The average molecular weight is 423 g/mol. The second-order valence-electron chi connectivity index (χ2n) is 5.74. The zero-order chi connectivity index (χ0) is 14.9. The molecule has 0 aromatic carbocycles. The maximum absolute atomic E-state index is 5.71. The molecule has 1 aliphatic carbocycles. The van der Waals surface area contributed by atoms with Crippen molar-refractivity contribution < 1.29 is 9.47 Å². The molecule has 0 bridgehead atoms. The van der Waals surface area contributed by atoms with Crippen LogP contribution in [0, 0.1) is 5.92 Å². The lowest BCUT2D eigenvalue weighted by Gasteiger charge is -2.35. The van der Waals surface area contributed by atoms with Crippen LogP contribution in [0.1, 0.15) is 26.2 Å². The Morgan fingerprint density at radius 1 is 1.45 bits per heavy atom. The number of ether oxygens (including phenoxy) is 2. The van der Waals surface area contributed by atoms with Crippen LogP contribution in [0.5, 0.6) is 0 Å². The number of rotatable bonds is 5. The molecule has 2 unspecified atom stereocenters. The molecule has 0 aromatic rings. The summed E-state index contributed by atoms with van der Waals surface area (Å²) < 4.78 is 10.9. The Bertz CT molecular complexity index is 361. The maximum Gasteiger partial charge on any atom is 0.194 e. The van der Waals surface area contributed by atoms with Crippen LogP contribution in [0.4, 0.5) is 0 Å². The summed E-state index contributed by atoms with van der Waals surface area (Å²) in [6, 6.07) is 0. The number of nitrogens with one attached hydrogen (secondary N) is 1. The van der Waals surface area contributed by atoms with Crippen molar-refractivity contribution in [3.8, 4) is 0 Å². The van der Waals surface area contributed by atoms with Crippen molar-refractivity contribution in [2.75, 3.05) is 46.5 Å². The fraction of sp³-hybridized carbons (Fsp3) is 0.812. The first kappa shape index (κ1) is 19.7. The summed E-state index contributed by atoms with van der Waals surface area (Å²) in [5, 5.41) is 3.42. The predicted octanol–water partition coefficient (Wildman–Crippen LogP) is 2.27. The van der Waals surface area contributed by atoms with Gasteiger partial charge in [0.15, 0.2) is 5.96 Å². The van der Waals surface area contributed by atoms with E-state index < -0.39 is 0 Å². The van der Waals surface area contributed by atoms with E-state index in [-0.39, 0.29) is 30.1 Å². The van der Waals surface area contributed by atoms with Crippen molar-refractivity contribution in [1.29, 1.82) is 0 Å². The zero-order valence-corrected chi connectivity index (χ0v) is 16.1. The normalized spacial score (nSPS) is 25.7. The molecule has 2 atom stereocenters. The lowest BCUT2D eigenvalue weighted by molar-refractivity contribution is -0.0447. The number of guanidine groups is 1. The monoisotopic (exact) mass is 423 g/mol. The number of aliphatic imine (C=N–C) groups is 1. The molecule has 22 heavy (non-hydrogen) atoms. The third-order valence-corrected chi connectivity index (χ3v) is 4.00. The van der Waals surface area contributed by atoms with E-state index in [1.165, 1.54) is 12.8 Å². The van der Waals surface area contributed by atoms with Crippen LogP contribution in [0.15, 0.2) is 17.1 Å². The molecule has 1 fully saturated rings. The smallest absolute Gasteiger partial charge is 0.194 e. The van der Waals surface area contributed by atoms with E-state index in [0.29, 0.717) is 12.5 Å². The van der Waals surface area contributed by atoms with Crippen molar-refractivity contribution in [3.63, 3.8) is 0 Å². The van der Waals surface area contributed by atoms with Gasteiger partial charge in [0.1, 0.15) is 0 Å². The van der Waals surface area contributed by atoms with Crippen LogP contribution < -0.4 is 5.32 Å². The number of morpholine rings is 1. The van der Waals surface area contributed by atoms with E-state index in [2.05, 4.69) is 29.3 Å². The molecule has 2 rings (SSSR count). The first-order valence-corrected chi connectivity index (χ1v) is 8.12. The number of halogens is 1. The van der Waals surface area contributed by atoms with Gasteiger partial charge in [-0.25, -0.2) is 0 Å². The molecule has 6 heteroatoms. The van der Waals surface area contributed by atoms with E-state index in [1.54, 1.807) is 7.11 Å². The molecular formula is C16H30IN3O2. The summed E-state index contributed by atoms with van der Waals surface area (Å²) in [5.41, 5.74) is 0. The highest BCUT2D eigenvalue weighted by molar-refractivity contribution is 14.0. The fourth-order valence-electron chi connectivity index (χ4n) is 2.86. The molecule has 0 amide bonds. The summed E-state index contributed by atoms with van der Waals surface area (Å²) in [6.07, 6.45) is 8.34. The summed E-state index contributed by atoms with van der Waals surface area (Å²) in [6.45, 7) is 7.06. The number of hydrogen-bond acceptors (Lipinski definition) is 3. The minimum absolute atomic E-state index is 0. The van der Waals surface area contributed by atoms with Gasteiger partial charge in [0.2, 0.25) is 0 Å². The molecule has 1 saturated heterocycles. The Hall–Kier alpha value is -0.340. The number of methoxy groups -OCH3 is 1. The first-order valence-electron chi connectivity index (χ1n) is 8.12. The molecule has 5 nitrogen and oxygen atoms in total. The second-order valence-corrected chi connectivity index (χ2v) is 5.74. The van der Waals surface area contributed by atoms with E-state index in [4.69, 9.17) is 14.5 Å². The van der Waals surface area contributed by atoms with E-state index in [9.17, 15) is 0 Å². The van der Waals surface area contributed by atoms with Crippen LogP contribution in [0.2, 0.25) is 0 Å². The Labute approximate surface area is 151 Å². The van der Waals surface area contributed by atoms with Crippen molar-refractivity contribution in [1.82, 2.24) is 10.2 Å². The van der Waals surface area contributed by atoms with Gasteiger partial charge in [0.25, 0.3) is 0 Å². The average Bonchev–Trinajstić information content (AvgIpc) is 2.53. The lowest BCUT2D eigenvalue weighted by atomic mass is 9.95. The molecule has 0 aromatic heterocycles. The van der Waals surface area contributed by atoms with Crippen molar-refractivity contribution in [2.24, 2.45) is 10.9 Å². The zero-order valence-electron chi connectivity index (χ0n) is 13.8. The number of allylic oxidation sites excluding steroid dienone is 2. The topological polar surface area (TPSA) is 46.1 Å². The number of nitrogens with zero attached hydrogens (tertiary/aromatic N) is 2. The van der Waals surface area contributed by atoms with E-state index >= 15 is 0 Å².